The van der Waals surface area contributed by atoms with E-state index < -0.39 is 30.8 Å². The molecule has 0 aliphatic rings. The fourth-order valence-corrected chi connectivity index (χ4v) is 3.18. The van der Waals surface area contributed by atoms with Gasteiger partial charge in [-0.25, -0.2) is 15.0 Å². The summed E-state index contributed by atoms with van der Waals surface area (Å²) < 4.78 is 94.2. The van der Waals surface area contributed by atoms with Gasteiger partial charge >= 0.3 is 12.4 Å². The second-order valence-corrected chi connectivity index (χ2v) is 7.38. The van der Waals surface area contributed by atoms with Crippen molar-refractivity contribution in [2.24, 2.45) is 0 Å². The van der Waals surface area contributed by atoms with Crippen LogP contribution in [0.15, 0.2) is 24.3 Å². The van der Waals surface area contributed by atoms with Gasteiger partial charge in [0.25, 0.3) is 0 Å². The standard InChI is InChI=1S/C21H21F6N5O3/c1-10-30-13-7-14(34-3)15(35-17(9-33-2)21(25,26)27)6-12(13)19(31-10)29-8-11-4-16(20(22,23)24)32-18(28)5-11/h4-7,17H,8-9H2,1-3H3,(H2,28,32)(H,29,30,31). The maximum Gasteiger partial charge on any atom is 0.433 e. The summed E-state index contributed by atoms with van der Waals surface area (Å²) in [6, 6.07) is 4.72. The largest absolute Gasteiger partial charge is 0.493 e. The summed E-state index contributed by atoms with van der Waals surface area (Å²) in [5.41, 5.74) is 4.82. The molecule has 3 rings (SSSR count). The number of nitrogens with two attached hydrogens (primary N) is 1. The molecule has 0 bridgehead atoms. The smallest absolute Gasteiger partial charge is 0.433 e. The molecular formula is C21H21F6N5O3. The topological polar surface area (TPSA) is 104 Å². The predicted octanol–water partition coefficient (Wildman–Crippen LogP) is 4.51. The number of fused-ring (bicyclic) bond motifs is 1. The molecule has 0 saturated heterocycles. The molecule has 190 valence electrons. The summed E-state index contributed by atoms with van der Waals surface area (Å²) in [6.07, 6.45) is -11.7. The maximum absolute atomic E-state index is 13.4. The van der Waals surface area contributed by atoms with E-state index in [0.29, 0.717) is 11.3 Å². The van der Waals surface area contributed by atoms with E-state index in [9.17, 15) is 26.3 Å². The highest BCUT2D eigenvalue weighted by Crippen LogP contribution is 2.37. The highest BCUT2D eigenvalue weighted by Gasteiger charge is 2.42. The van der Waals surface area contributed by atoms with E-state index >= 15 is 0 Å². The zero-order chi connectivity index (χ0) is 26.0. The van der Waals surface area contributed by atoms with Crippen molar-refractivity contribution in [2.75, 3.05) is 31.9 Å². The highest BCUT2D eigenvalue weighted by atomic mass is 19.4. The lowest BCUT2D eigenvalue weighted by molar-refractivity contribution is -0.206. The van der Waals surface area contributed by atoms with Crippen molar-refractivity contribution >= 4 is 22.5 Å². The minimum Gasteiger partial charge on any atom is -0.493 e. The van der Waals surface area contributed by atoms with Crippen LogP contribution < -0.4 is 20.5 Å². The second kappa shape index (κ2) is 9.98. The first-order chi connectivity index (χ1) is 16.3. The molecule has 0 aliphatic carbocycles. The van der Waals surface area contributed by atoms with E-state index in [-0.39, 0.29) is 40.6 Å². The molecule has 8 nitrogen and oxygen atoms in total. The number of aromatic nitrogens is 3. The molecule has 0 radical (unpaired) electrons. The zero-order valence-electron chi connectivity index (χ0n) is 18.7. The van der Waals surface area contributed by atoms with Crippen LogP contribution in [0.3, 0.4) is 0 Å². The summed E-state index contributed by atoms with van der Waals surface area (Å²) in [6.45, 7) is 0.676. The van der Waals surface area contributed by atoms with Crippen LogP contribution in [-0.2, 0) is 17.5 Å². The van der Waals surface area contributed by atoms with Gasteiger partial charge in [0.15, 0.2) is 11.5 Å². The Balaban J connectivity index is 2.00. The van der Waals surface area contributed by atoms with Gasteiger partial charge in [-0.3, -0.25) is 0 Å². The normalized spacial score (nSPS) is 13.1. The van der Waals surface area contributed by atoms with Crippen LogP contribution in [0.4, 0.5) is 38.0 Å². The fraction of sp³-hybridized carbons (Fsp3) is 0.381. The van der Waals surface area contributed by atoms with Gasteiger partial charge in [-0.05, 0) is 30.7 Å². The second-order valence-electron chi connectivity index (χ2n) is 7.38. The van der Waals surface area contributed by atoms with E-state index in [1.807, 2.05) is 0 Å². The number of hydrogen-bond acceptors (Lipinski definition) is 8. The molecule has 0 aliphatic heterocycles. The lowest BCUT2D eigenvalue weighted by Gasteiger charge is -2.22. The maximum atomic E-state index is 13.4. The number of nitrogen functional groups attached to an aromatic ring is 1. The van der Waals surface area contributed by atoms with Crippen molar-refractivity contribution < 1.29 is 40.6 Å². The first-order valence-electron chi connectivity index (χ1n) is 9.98. The predicted molar refractivity (Wildman–Crippen MR) is 114 cm³/mol. The molecule has 2 heterocycles. The minimum atomic E-state index is -4.72. The van der Waals surface area contributed by atoms with Gasteiger partial charge in [0.2, 0.25) is 6.10 Å². The van der Waals surface area contributed by atoms with Crippen molar-refractivity contribution in [1.29, 1.82) is 0 Å². The van der Waals surface area contributed by atoms with Crippen LogP contribution in [0.25, 0.3) is 10.9 Å². The number of ether oxygens (including phenoxy) is 3. The Morgan fingerprint density at radius 2 is 1.69 bits per heavy atom. The van der Waals surface area contributed by atoms with Crippen LogP contribution in [0.5, 0.6) is 11.5 Å². The number of anilines is 2. The monoisotopic (exact) mass is 505 g/mol. The molecular weight excluding hydrogens is 484 g/mol. The van der Waals surface area contributed by atoms with Crippen LogP contribution in [0.1, 0.15) is 17.1 Å². The van der Waals surface area contributed by atoms with E-state index in [1.165, 1.54) is 25.3 Å². The van der Waals surface area contributed by atoms with Crippen LogP contribution in [-0.4, -0.2) is 48.1 Å². The van der Waals surface area contributed by atoms with Crippen molar-refractivity contribution in [3.05, 3.63) is 41.3 Å². The SMILES string of the molecule is COCC(Oc1cc2c(NCc3cc(N)nc(C(F)(F)F)c3)nc(C)nc2cc1OC)C(F)(F)F. The van der Waals surface area contributed by atoms with E-state index in [4.69, 9.17) is 15.2 Å². The van der Waals surface area contributed by atoms with Gasteiger partial charge in [0.1, 0.15) is 23.2 Å². The molecule has 35 heavy (non-hydrogen) atoms. The molecule has 0 spiro atoms. The average Bonchev–Trinajstić information content (AvgIpc) is 2.75. The number of halogens is 6. The van der Waals surface area contributed by atoms with Crippen molar-refractivity contribution in [3.63, 3.8) is 0 Å². The number of alkyl halides is 6. The number of aryl methyl sites for hydroxylation is 1. The lowest BCUT2D eigenvalue weighted by Crippen LogP contribution is -2.38. The molecule has 0 amide bonds. The van der Waals surface area contributed by atoms with Crippen molar-refractivity contribution in [3.8, 4) is 11.5 Å². The van der Waals surface area contributed by atoms with Crippen molar-refractivity contribution in [1.82, 2.24) is 15.0 Å². The number of nitrogens with one attached hydrogen (secondary N) is 1. The van der Waals surface area contributed by atoms with E-state index in [0.717, 1.165) is 13.2 Å². The summed E-state index contributed by atoms with van der Waals surface area (Å²) in [5.74, 6) is -0.129. The van der Waals surface area contributed by atoms with E-state index in [2.05, 4.69) is 25.0 Å². The number of hydrogen-bond donors (Lipinski definition) is 2. The molecule has 1 atom stereocenters. The summed E-state index contributed by atoms with van der Waals surface area (Å²) in [7, 11) is 2.36. The van der Waals surface area contributed by atoms with Gasteiger partial charge in [-0.2, -0.15) is 26.3 Å². The third kappa shape index (κ3) is 6.32. The Kier molecular flexibility index (Phi) is 7.43. The quantitative estimate of drug-likeness (QED) is 0.431. The molecule has 1 aromatic carbocycles. The zero-order valence-corrected chi connectivity index (χ0v) is 18.7. The molecule has 3 N–H and O–H groups in total. The molecule has 14 heteroatoms. The minimum absolute atomic E-state index is 0.0105. The van der Waals surface area contributed by atoms with Crippen LogP contribution in [0.2, 0.25) is 0 Å². The van der Waals surface area contributed by atoms with Gasteiger partial charge < -0.3 is 25.3 Å². The number of benzene rings is 1. The Hall–Kier alpha value is -3.55. The van der Waals surface area contributed by atoms with Crippen molar-refractivity contribution in [2.45, 2.75) is 31.9 Å². The Morgan fingerprint density at radius 1 is 0.971 bits per heavy atom. The Labute approximate surface area is 195 Å². The summed E-state index contributed by atoms with van der Waals surface area (Å²) in [4.78, 5) is 11.8. The first-order valence-corrected chi connectivity index (χ1v) is 9.98. The molecule has 0 fully saturated rings. The Morgan fingerprint density at radius 3 is 2.29 bits per heavy atom. The lowest BCUT2D eigenvalue weighted by atomic mass is 10.1. The highest BCUT2D eigenvalue weighted by molar-refractivity contribution is 5.91. The third-order valence-electron chi connectivity index (χ3n) is 4.70. The van der Waals surface area contributed by atoms with Gasteiger partial charge in [-0.15, -0.1) is 0 Å². The number of nitrogens with zero attached hydrogens (tertiary/aromatic N) is 3. The molecule has 1 unspecified atom stereocenters. The van der Waals surface area contributed by atoms with E-state index in [1.54, 1.807) is 6.92 Å². The van der Waals surface area contributed by atoms with Crippen LogP contribution in [0, 0.1) is 6.92 Å². The van der Waals surface area contributed by atoms with Gasteiger partial charge in [0, 0.05) is 25.1 Å². The molecule has 3 aromatic rings. The molecule has 0 saturated carbocycles. The summed E-state index contributed by atoms with van der Waals surface area (Å²) >= 11 is 0. The van der Waals surface area contributed by atoms with Gasteiger partial charge in [0.05, 0.1) is 19.2 Å². The number of methoxy groups -OCH3 is 2. The van der Waals surface area contributed by atoms with Gasteiger partial charge in [-0.1, -0.05) is 0 Å². The average molecular weight is 505 g/mol. The third-order valence-corrected chi connectivity index (χ3v) is 4.70. The molecule has 2 aromatic heterocycles. The first kappa shape index (κ1) is 26.1. The fourth-order valence-electron chi connectivity index (χ4n) is 3.18. The number of rotatable bonds is 8. The Bertz CT molecular complexity index is 1200. The number of pyridine rings is 1. The summed E-state index contributed by atoms with van der Waals surface area (Å²) in [5, 5.41) is 3.13. The van der Waals surface area contributed by atoms with Crippen LogP contribution >= 0.6 is 0 Å².